The van der Waals surface area contributed by atoms with Crippen molar-refractivity contribution in [2.45, 2.75) is 59.9 Å². The Hall–Kier alpha value is -1.10. The molecular weight excluding hydrogens is 280 g/mol. The third-order valence-corrected chi connectivity index (χ3v) is 4.40. The van der Waals surface area contributed by atoms with Crippen LogP contribution < -0.4 is 10.6 Å². The largest absolute Gasteiger partial charge is 0.356 e. The molecule has 0 spiro atoms. The number of nitrogens with zero attached hydrogens (tertiary/aromatic N) is 2. The number of aliphatic imine (C=N–C) groups is 1. The van der Waals surface area contributed by atoms with Crippen LogP contribution in [0.25, 0.3) is 0 Å². The van der Waals surface area contributed by atoms with Gasteiger partial charge in [-0.05, 0) is 18.8 Å². The Kier molecular flexibility index (Phi) is 7.72. The second kappa shape index (κ2) is 9.03. The predicted molar refractivity (Wildman–Crippen MR) is 93.0 cm³/mol. The number of rotatable bonds is 8. The van der Waals surface area contributed by atoms with E-state index in [1.54, 1.807) is 11.3 Å². The van der Waals surface area contributed by atoms with Crippen molar-refractivity contribution in [3.63, 3.8) is 0 Å². The van der Waals surface area contributed by atoms with E-state index in [2.05, 4.69) is 48.3 Å². The fourth-order valence-corrected chi connectivity index (χ4v) is 2.85. The average Bonchev–Trinajstić information content (AvgIpc) is 2.85. The number of unbranched alkanes of at least 4 members (excludes halogenated alkanes) is 2. The predicted octanol–water partition coefficient (Wildman–Crippen LogP) is 3.72. The average molecular weight is 311 g/mol. The first-order valence-corrected chi connectivity index (χ1v) is 8.64. The molecule has 0 radical (unpaired) electrons. The summed E-state index contributed by atoms with van der Waals surface area (Å²) in [5.41, 5.74) is 0.296. The molecule has 1 heterocycles. The maximum Gasteiger partial charge on any atom is 0.191 e. The summed E-state index contributed by atoms with van der Waals surface area (Å²) >= 11 is 1.72. The van der Waals surface area contributed by atoms with Gasteiger partial charge in [0.15, 0.2) is 5.96 Å². The van der Waals surface area contributed by atoms with Gasteiger partial charge in [0.1, 0.15) is 5.01 Å². The first-order valence-electron chi connectivity index (χ1n) is 7.82. The van der Waals surface area contributed by atoms with Gasteiger partial charge in [-0.3, -0.25) is 4.99 Å². The Morgan fingerprint density at radius 2 is 2.10 bits per heavy atom. The molecule has 1 rings (SSSR count). The van der Waals surface area contributed by atoms with Crippen molar-refractivity contribution in [2.75, 3.05) is 13.6 Å². The van der Waals surface area contributed by atoms with E-state index in [1.165, 1.54) is 30.6 Å². The molecule has 120 valence electrons. The van der Waals surface area contributed by atoms with E-state index < -0.39 is 0 Å². The monoisotopic (exact) mass is 310 g/mol. The molecular formula is C16H30N4S. The van der Waals surface area contributed by atoms with E-state index in [0.717, 1.165) is 24.1 Å². The number of guanidine groups is 1. The van der Waals surface area contributed by atoms with Crippen LogP contribution in [0.4, 0.5) is 0 Å². The molecule has 0 unspecified atom stereocenters. The maximum atomic E-state index is 4.35. The Balaban J connectivity index is 2.33. The zero-order chi connectivity index (χ0) is 15.7. The highest BCUT2D eigenvalue weighted by molar-refractivity contribution is 7.11. The van der Waals surface area contributed by atoms with E-state index in [4.69, 9.17) is 0 Å². The summed E-state index contributed by atoms with van der Waals surface area (Å²) in [7, 11) is 1.81. The molecule has 0 aliphatic rings. The molecule has 0 saturated carbocycles. The molecule has 5 heteroatoms. The Labute approximate surface area is 133 Å². The number of hydrogen-bond donors (Lipinski definition) is 2. The normalized spacial score (nSPS) is 12.5. The number of hydrogen-bond acceptors (Lipinski definition) is 3. The Morgan fingerprint density at radius 3 is 2.67 bits per heavy atom. The van der Waals surface area contributed by atoms with Gasteiger partial charge in [0.05, 0.1) is 6.54 Å². The summed E-state index contributed by atoms with van der Waals surface area (Å²) in [6.07, 6.45) is 7.06. The third kappa shape index (κ3) is 7.46. The van der Waals surface area contributed by atoms with Gasteiger partial charge in [0.25, 0.3) is 0 Å². The molecule has 2 N–H and O–H groups in total. The highest BCUT2D eigenvalue weighted by Gasteiger charge is 2.17. The third-order valence-electron chi connectivity index (χ3n) is 3.49. The lowest BCUT2D eigenvalue weighted by atomic mass is 9.87. The quantitative estimate of drug-likeness (QED) is 0.437. The summed E-state index contributed by atoms with van der Waals surface area (Å²) in [5, 5.41) is 7.85. The van der Waals surface area contributed by atoms with Gasteiger partial charge in [-0.1, -0.05) is 40.0 Å². The van der Waals surface area contributed by atoms with Crippen LogP contribution in [0.3, 0.4) is 0 Å². The molecule has 0 aliphatic carbocycles. The van der Waals surface area contributed by atoms with Crippen molar-refractivity contribution in [3.05, 3.63) is 16.1 Å². The van der Waals surface area contributed by atoms with Crippen LogP contribution in [0.1, 0.15) is 56.3 Å². The van der Waals surface area contributed by atoms with Crippen molar-refractivity contribution in [3.8, 4) is 0 Å². The molecule has 0 aliphatic heterocycles. The fourth-order valence-electron chi connectivity index (χ4n) is 2.13. The van der Waals surface area contributed by atoms with Gasteiger partial charge in [-0.25, -0.2) is 4.98 Å². The molecule has 21 heavy (non-hydrogen) atoms. The molecule has 0 saturated heterocycles. The minimum Gasteiger partial charge on any atom is -0.356 e. The van der Waals surface area contributed by atoms with Crippen molar-refractivity contribution < 1.29 is 0 Å². The molecule has 0 bridgehead atoms. The number of aromatic nitrogens is 1. The maximum absolute atomic E-state index is 4.35. The zero-order valence-electron chi connectivity index (χ0n) is 14.1. The summed E-state index contributed by atoms with van der Waals surface area (Å²) < 4.78 is 0. The number of aryl methyl sites for hydroxylation is 1. The fraction of sp³-hybridized carbons (Fsp3) is 0.750. The Bertz CT molecular complexity index is 437. The second-order valence-corrected chi connectivity index (χ2v) is 7.58. The van der Waals surface area contributed by atoms with Crippen LogP contribution in [-0.4, -0.2) is 24.5 Å². The summed E-state index contributed by atoms with van der Waals surface area (Å²) in [6, 6.07) is 0. The van der Waals surface area contributed by atoms with Crippen LogP contribution >= 0.6 is 11.3 Å². The van der Waals surface area contributed by atoms with Crippen molar-refractivity contribution in [1.29, 1.82) is 0 Å². The molecule has 0 aromatic carbocycles. The van der Waals surface area contributed by atoms with Gasteiger partial charge in [-0.2, -0.15) is 0 Å². The number of thiazole rings is 1. The standard InChI is InChI=1S/C16H30N4S/c1-6-7-8-9-16(3,4)12-20-15(17-5)19-11-14-18-10-13(2)21-14/h10H,6-9,11-12H2,1-5H3,(H2,17,19,20). The molecule has 1 aromatic heterocycles. The van der Waals surface area contributed by atoms with Crippen molar-refractivity contribution in [2.24, 2.45) is 10.4 Å². The Morgan fingerprint density at radius 1 is 1.33 bits per heavy atom. The molecule has 0 amide bonds. The lowest BCUT2D eigenvalue weighted by Crippen LogP contribution is -2.41. The van der Waals surface area contributed by atoms with E-state index in [-0.39, 0.29) is 0 Å². The minimum atomic E-state index is 0.296. The summed E-state index contributed by atoms with van der Waals surface area (Å²) in [4.78, 5) is 9.88. The van der Waals surface area contributed by atoms with Gasteiger partial charge in [-0.15, -0.1) is 11.3 Å². The van der Waals surface area contributed by atoms with Crippen LogP contribution in [0.15, 0.2) is 11.2 Å². The van der Waals surface area contributed by atoms with Gasteiger partial charge in [0, 0.05) is 24.7 Å². The van der Waals surface area contributed by atoms with E-state index in [0.29, 0.717) is 5.41 Å². The lowest BCUT2D eigenvalue weighted by Gasteiger charge is -2.26. The van der Waals surface area contributed by atoms with Gasteiger partial charge >= 0.3 is 0 Å². The SMILES string of the molecule is CCCCCC(C)(C)CNC(=NC)NCc1ncc(C)s1. The first kappa shape index (κ1) is 18.0. The van der Waals surface area contributed by atoms with Crippen molar-refractivity contribution in [1.82, 2.24) is 15.6 Å². The van der Waals surface area contributed by atoms with Crippen LogP contribution in [0.2, 0.25) is 0 Å². The van der Waals surface area contributed by atoms with Crippen LogP contribution in [0.5, 0.6) is 0 Å². The van der Waals surface area contributed by atoms with E-state index in [9.17, 15) is 0 Å². The topological polar surface area (TPSA) is 49.3 Å². The molecule has 4 nitrogen and oxygen atoms in total. The number of nitrogens with one attached hydrogen (secondary N) is 2. The highest BCUT2D eigenvalue weighted by atomic mass is 32.1. The van der Waals surface area contributed by atoms with Gasteiger partial charge < -0.3 is 10.6 Å². The van der Waals surface area contributed by atoms with Gasteiger partial charge in [0.2, 0.25) is 0 Å². The molecule has 0 atom stereocenters. The van der Waals surface area contributed by atoms with Crippen LogP contribution in [0, 0.1) is 12.3 Å². The smallest absolute Gasteiger partial charge is 0.191 e. The lowest BCUT2D eigenvalue weighted by molar-refractivity contribution is 0.318. The molecule has 1 aromatic rings. The second-order valence-electron chi connectivity index (χ2n) is 6.27. The zero-order valence-corrected chi connectivity index (χ0v) is 14.9. The van der Waals surface area contributed by atoms with E-state index >= 15 is 0 Å². The first-order chi connectivity index (χ1) is 9.96. The minimum absolute atomic E-state index is 0.296. The molecule has 0 fully saturated rings. The van der Waals surface area contributed by atoms with Crippen LogP contribution in [-0.2, 0) is 6.54 Å². The summed E-state index contributed by atoms with van der Waals surface area (Å²) in [6.45, 7) is 10.6. The van der Waals surface area contributed by atoms with E-state index in [1.807, 2.05) is 13.2 Å². The summed E-state index contributed by atoms with van der Waals surface area (Å²) in [5.74, 6) is 0.853. The highest BCUT2D eigenvalue weighted by Crippen LogP contribution is 2.22. The van der Waals surface area contributed by atoms with Crippen molar-refractivity contribution >= 4 is 17.3 Å².